The Labute approximate surface area is 118 Å². The number of H-pyrrole nitrogens is 1. The maximum atomic E-state index is 12.2. The van der Waals surface area contributed by atoms with Crippen LogP contribution in [0.1, 0.15) is 20.8 Å². The largest absolute Gasteiger partial charge is 0.478 e. The Morgan fingerprint density at radius 2 is 2.00 bits per heavy atom. The number of rotatable bonds is 4. The molecule has 0 atom stereocenters. The Balaban J connectivity index is 2.35. The first-order valence-electron chi connectivity index (χ1n) is 5.85. The maximum absolute atomic E-state index is 12.2. The Morgan fingerprint density at radius 1 is 1.33 bits per heavy atom. The number of carbonyl (C=O) groups is 2. The van der Waals surface area contributed by atoms with Crippen LogP contribution in [0.3, 0.4) is 0 Å². The number of carboxylic acids is 1. The maximum Gasteiger partial charge on any atom is 0.337 e. The number of nitro groups is 1. The molecule has 108 valence electrons. The minimum absolute atomic E-state index is 0.00407. The molecule has 0 unspecified atom stereocenters. The van der Waals surface area contributed by atoms with E-state index < -0.39 is 16.8 Å². The Bertz CT molecular complexity index is 722. The highest BCUT2D eigenvalue weighted by Gasteiger charge is 2.22. The monoisotopic (exact) mass is 289 g/mol. The second-order valence-corrected chi connectivity index (χ2v) is 4.22. The molecule has 2 N–H and O–H groups in total. The fourth-order valence-corrected chi connectivity index (χ4v) is 1.85. The normalized spacial score (nSPS) is 10.1. The molecule has 0 aliphatic carbocycles. The van der Waals surface area contributed by atoms with Crippen LogP contribution in [0.4, 0.5) is 11.4 Å². The van der Waals surface area contributed by atoms with Crippen LogP contribution >= 0.6 is 0 Å². The Hall–Kier alpha value is -3.16. The van der Waals surface area contributed by atoms with Gasteiger partial charge in [-0.3, -0.25) is 14.9 Å². The highest BCUT2D eigenvalue weighted by atomic mass is 16.6. The van der Waals surface area contributed by atoms with Gasteiger partial charge in [0, 0.05) is 13.1 Å². The van der Waals surface area contributed by atoms with Crippen LogP contribution in [-0.4, -0.2) is 33.9 Å². The number of hydrogen-bond acceptors (Lipinski definition) is 4. The molecule has 1 heterocycles. The van der Waals surface area contributed by atoms with E-state index >= 15 is 0 Å². The van der Waals surface area contributed by atoms with Gasteiger partial charge in [0.25, 0.3) is 11.6 Å². The predicted molar refractivity (Wildman–Crippen MR) is 73.6 cm³/mol. The molecule has 0 radical (unpaired) electrons. The van der Waals surface area contributed by atoms with Crippen molar-refractivity contribution >= 4 is 23.3 Å². The molecule has 1 aromatic carbocycles. The number of nitrogens with one attached hydrogen (secondary N) is 1. The van der Waals surface area contributed by atoms with Gasteiger partial charge in [-0.25, -0.2) is 4.79 Å². The molecule has 8 heteroatoms. The summed E-state index contributed by atoms with van der Waals surface area (Å²) < 4.78 is 0. The van der Waals surface area contributed by atoms with Crippen molar-refractivity contribution in [2.45, 2.75) is 0 Å². The summed E-state index contributed by atoms with van der Waals surface area (Å²) in [7, 11) is 1.40. The smallest absolute Gasteiger partial charge is 0.337 e. The lowest BCUT2D eigenvalue weighted by molar-refractivity contribution is -0.384. The number of carboxylic acid groups (broad SMARTS) is 1. The van der Waals surface area contributed by atoms with Crippen LogP contribution in [-0.2, 0) is 0 Å². The molecule has 2 aromatic rings. The standard InChI is InChI=1S/C13H11N3O5/c1-15(11-5-3-2-4-9(11)13(18)19)12(17)10-6-8(7-14-10)16(20)21/h2-7,14H,1H3,(H,18,19). The molecule has 21 heavy (non-hydrogen) atoms. The minimum Gasteiger partial charge on any atom is -0.478 e. The van der Waals surface area contributed by atoms with E-state index in [2.05, 4.69) is 4.98 Å². The first-order valence-corrected chi connectivity index (χ1v) is 5.85. The number of aromatic nitrogens is 1. The van der Waals surface area contributed by atoms with Gasteiger partial charge in [0.05, 0.1) is 22.4 Å². The van der Waals surface area contributed by atoms with Crippen molar-refractivity contribution in [1.29, 1.82) is 0 Å². The van der Waals surface area contributed by atoms with Crippen LogP contribution in [0.2, 0.25) is 0 Å². The number of para-hydroxylation sites is 1. The van der Waals surface area contributed by atoms with Crippen LogP contribution in [0.15, 0.2) is 36.5 Å². The average molecular weight is 289 g/mol. The number of amides is 1. The second kappa shape index (κ2) is 5.45. The zero-order valence-corrected chi connectivity index (χ0v) is 10.9. The van der Waals surface area contributed by atoms with Crippen molar-refractivity contribution in [2.24, 2.45) is 0 Å². The van der Waals surface area contributed by atoms with E-state index in [0.29, 0.717) is 0 Å². The molecule has 2 rings (SSSR count). The quantitative estimate of drug-likeness (QED) is 0.658. The average Bonchev–Trinajstić information content (AvgIpc) is 2.95. The van der Waals surface area contributed by atoms with E-state index in [-0.39, 0.29) is 22.6 Å². The summed E-state index contributed by atoms with van der Waals surface area (Å²) in [4.78, 5) is 37.0. The molecule has 0 bridgehead atoms. The first kappa shape index (κ1) is 14.3. The molecule has 0 spiro atoms. The van der Waals surface area contributed by atoms with E-state index in [1.165, 1.54) is 19.2 Å². The first-order chi connectivity index (χ1) is 9.91. The van der Waals surface area contributed by atoms with Gasteiger partial charge in [0.1, 0.15) is 5.69 Å². The summed E-state index contributed by atoms with van der Waals surface area (Å²) in [5, 5.41) is 19.7. The van der Waals surface area contributed by atoms with Gasteiger partial charge in [-0.15, -0.1) is 0 Å². The highest BCUT2D eigenvalue weighted by Crippen LogP contribution is 2.22. The number of aromatic amines is 1. The molecular weight excluding hydrogens is 278 g/mol. The zero-order chi connectivity index (χ0) is 15.6. The van der Waals surface area contributed by atoms with E-state index in [9.17, 15) is 19.7 Å². The molecule has 1 aromatic heterocycles. The topological polar surface area (TPSA) is 117 Å². The van der Waals surface area contributed by atoms with Gasteiger partial charge >= 0.3 is 5.97 Å². The molecule has 8 nitrogen and oxygen atoms in total. The number of hydrogen-bond donors (Lipinski definition) is 2. The lowest BCUT2D eigenvalue weighted by Crippen LogP contribution is -2.28. The Kier molecular flexibility index (Phi) is 3.70. The molecule has 0 saturated carbocycles. The summed E-state index contributed by atoms with van der Waals surface area (Å²) in [5.41, 5.74) is -0.0654. The third-order valence-corrected chi connectivity index (χ3v) is 2.91. The van der Waals surface area contributed by atoms with Gasteiger partial charge in [0.15, 0.2) is 0 Å². The van der Waals surface area contributed by atoms with Crippen molar-refractivity contribution in [3.8, 4) is 0 Å². The molecule has 1 amide bonds. The van der Waals surface area contributed by atoms with Gasteiger partial charge in [-0.2, -0.15) is 0 Å². The van der Waals surface area contributed by atoms with Crippen molar-refractivity contribution in [1.82, 2.24) is 4.98 Å². The molecule has 0 aliphatic rings. The van der Waals surface area contributed by atoms with E-state index in [1.54, 1.807) is 12.1 Å². The summed E-state index contributed by atoms with van der Waals surface area (Å²) in [6, 6.07) is 7.10. The van der Waals surface area contributed by atoms with Crippen molar-refractivity contribution < 1.29 is 19.6 Å². The van der Waals surface area contributed by atoms with Crippen molar-refractivity contribution in [2.75, 3.05) is 11.9 Å². The minimum atomic E-state index is -1.16. The molecule has 0 aliphatic heterocycles. The van der Waals surface area contributed by atoms with Gasteiger partial charge in [-0.05, 0) is 12.1 Å². The number of benzene rings is 1. The number of carbonyl (C=O) groups excluding carboxylic acids is 1. The summed E-state index contributed by atoms with van der Waals surface area (Å²) in [6.07, 6.45) is 1.10. The van der Waals surface area contributed by atoms with E-state index in [0.717, 1.165) is 17.2 Å². The number of anilines is 1. The highest BCUT2D eigenvalue weighted by molar-refractivity contribution is 6.08. The lowest BCUT2D eigenvalue weighted by atomic mass is 10.1. The van der Waals surface area contributed by atoms with E-state index in [1.807, 2.05) is 0 Å². The predicted octanol–water partition coefficient (Wildman–Crippen LogP) is 1.90. The van der Waals surface area contributed by atoms with Crippen LogP contribution in [0, 0.1) is 10.1 Å². The Morgan fingerprint density at radius 3 is 2.57 bits per heavy atom. The van der Waals surface area contributed by atoms with E-state index in [4.69, 9.17) is 5.11 Å². The molecular formula is C13H11N3O5. The molecule has 0 saturated heterocycles. The van der Waals surface area contributed by atoms with Crippen LogP contribution < -0.4 is 4.90 Å². The van der Waals surface area contributed by atoms with Gasteiger partial charge in [-0.1, -0.05) is 12.1 Å². The summed E-state index contributed by atoms with van der Waals surface area (Å²) in [5.74, 6) is -1.74. The number of aromatic carboxylic acids is 1. The third kappa shape index (κ3) is 2.73. The summed E-state index contributed by atoms with van der Waals surface area (Å²) in [6.45, 7) is 0. The molecule has 0 fully saturated rings. The SMILES string of the molecule is CN(C(=O)c1cc([N+](=O)[O-])c[nH]1)c1ccccc1C(=O)O. The van der Waals surface area contributed by atoms with Gasteiger partial charge in [0.2, 0.25) is 0 Å². The fraction of sp³-hybridized carbons (Fsp3) is 0.0769. The summed E-state index contributed by atoms with van der Waals surface area (Å²) >= 11 is 0. The van der Waals surface area contributed by atoms with Crippen molar-refractivity contribution in [3.63, 3.8) is 0 Å². The van der Waals surface area contributed by atoms with Crippen molar-refractivity contribution in [3.05, 3.63) is 57.9 Å². The van der Waals surface area contributed by atoms with Gasteiger partial charge < -0.3 is 15.0 Å². The number of nitrogens with zero attached hydrogens (tertiary/aromatic N) is 2. The van der Waals surface area contributed by atoms with Crippen LogP contribution in [0.5, 0.6) is 0 Å². The fourth-order valence-electron chi connectivity index (χ4n) is 1.85. The zero-order valence-electron chi connectivity index (χ0n) is 10.9. The van der Waals surface area contributed by atoms with Crippen LogP contribution in [0.25, 0.3) is 0 Å². The lowest BCUT2D eigenvalue weighted by Gasteiger charge is -2.18. The third-order valence-electron chi connectivity index (χ3n) is 2.91. The second-order valence-electron chi connectivity index (χ2n) is 4.22.